The van der Waals surface area contributed by atoms with E-state index in [0.717, 1.165) is 0 Å². The number of alkyl halides is 1. The highest BCUT2D eigenvalue weighted by atomic mass is 35.5. The zero-order valence-corrected chi connectivity index (χ0v) is 9.30. The van der Waals surface area contributed by atoms with Gasteiger partial charge in [0.15, 0.2) is 5.78 Å². The zero-order valence-electron chi connectivity index (χ0n) is 7.79. The second-order valence-corrected chi connectivity index (χ2v) is 3.58. The van der Waals surface area contributed by atoms with Crippen LogP contribution in [0.25, 0.3) is 0 Å². The number of Topliss-reactive ketones (excluding diaryl/α,β-unsaturated/α-hetero) is 1. The molecule has 0 heterocycles. The van der Waals surface area contributed by atoms with Crippen LogP contribution in [0.15, 0.2) is 12.1 Å². The molecule has 0 atom stereocenters. The van der Waals surface area contributed by atoms with Crippen LogP contribution in [0.2, 0.25) is 5.02 Å². The molecule has 0 aliphatic heterocycles. The predicted octanol–water partition coefficient (Wildman–Crippen LogP) is 2.98. The third-order valence-corrected chi connectivity index (χ3v) is 2.47. The molecular weight excluding hydrogens is 241 g/mol. The van der Waals surface area contributed by atoms with E-state index in [2.05, 4.69) is 0 Å². The molecule has 1 rings (SSSR count). The lowest BCUT2D eigenvalue weighted by molar-refractivity contribution is -0.385. The van der Waals surface area contributed by atoms with Gasteiger partial charge in [-0.15, -0.1) is 11.6 Å². The molecule has 0 spiro atoms. The van der Waals surface area contributed by atoms with Gasteiger partial charge in [-0.1, -0.05) is 17.7 Å². The number of aryl methyl sites for hydroxylation is 1. The topological polar surface area (TPSA) is 60.2 Å². The van der Waals surface area contributed by atoms with E-state index in [1.807, 2.05) is 0 Å². The number of ketones is 1. The molecule has 0 N–H and O–H groups in total. The van der Waals surface area contributed by atoms with Crippen LogP contribution in [-0.2, 0) is 0 Å². The van der Waals surface area contributed by atoms with Gasteiger partial charge in [0, 0.05) is 0 Å². The zero-order chi connectivity index (χ0) is 11.6. The number of hydrogen-bond acceptors (Lipinski definition) is 3. The Bertz CT molecular complexity index is 432. The number of nitro groups is 1. The van der Waals surface area contributed by atoms with E-state index in [1.165, 1.54) is 6.07 Å². The van der Waals surface area contributed by atoms with Crippen molar-refractivity contribution in [2.75, 3.05) is 5.88 Å². The first-order chi connectivity index (χ1) is 6.99. The van der Waals surface area contributed by atoms with E-state index >= 15 is 0 Å². The van der Waals surface area contributed by atoms with E-state index in [9.17, 15) is 14.9 Å². The van der Waals surface area contributed by atoms with Gasteiger partial charge in [-0.25, -0.2) is 0 Å². The number of nitrogens with zero attached hydrogens (tertiary/aromatic N) is 1. The fourth-order valence-electron chi connectivity index (χ4n) is 1.26. The lowest BCUT2D eigenvalue weighted by Gasteiger charge is -2.05. The van der Waals surface area contributed by atoms with Gasteiger partial charge in [0.2, 0.25) is 0 Å². The molecule has 1 aromatic carbocycles. The van der Waals surface area contributed by atoms with Crippen LogP contribution in [-0.4, -0.2) is 16.6 Å². The van der Waals surface area contributed by atoms with Crippen molar-refractivity contribution in [1.82, 2.24) is 0 Å². The summed E-state index contributed by atoms with van der Waals surface area (Å²) in [5.41, 5.74) is 0.113. The number of carbonyl (C=O) groups is 1. The summed E-state index contributed by atoms with van der Waals surface area (Å²) < 4.78 is 0. The van der Waals surface area contributed by atoms with E-state index < -0.39 is 10.7 Å². The summed E-state index contributed by atoms with van der Waals surface area (Å²) in [6, 6.07) is 2.94. The number of hydrogen-bond donors (Lipinski definition) is 0. The van der Waals surface area contributed by atoms with Gasteiger partial charge >= 0.3 is 0 Å². The summed E-state index contributed by atoms with van der Waals surface area (Å²) >= 11 is 11.0. The maximum atomic E-state index is 11.4. The molecular formula is C9H7Cl2NO3. The Morgan fingerprint density at radius 1 is 1.53 bits per heavy atom. The third-order valence-electron chi connectivity index (χ3n) is 1.92. The Labute approximate surface area is 95.9 Å². The molecule has 15 heavy (non-hydrogen) atoms. The maximum absolute atomic E-state index is 11.4. The second-order valence-electron chi connectivity index (χ2n) is 2.90. The van der Waals surface area contributed by atoms with Crippen molar-refractivity contribution >= 4 is 34.7 Å². The van der Waals surface area contributed by atoms with Crippen LogP contribution in [0.1, 0.15) is 15.9 Å². The van der Waals surface area contributed by atoms with Crippen molar-refractivity contribution in [3.63, 3.8) is 0 Å². The Balaban J connectivity index is 3.52. The second kappa shape index (κ2) is 4.59. The van der Waals surface area contributed by atoms with Gasteiger partial charge in [-0.2, -0.15) is 0 Å². The first kappa shape index (κ1) is 11.9. The lowest BCUT2D eigenvalue weighted by atomic mass is 10.0. The minimum atomic E-state index is -0.672. The predicted molar refractivity (Wildman–Crippen MR) is 57.9 cm³/mol. The van der Waals surface area contributed by atoms with Crippen LogP contribution in [0.3, 0.4) is 0 Å². The molecule has 0 aromatic heterocycles. The van der Waals surface area contributed by atoms with Crippen molar-refractivity contribution in [3.05, 3.63) is 38.4 Å². The highest BCUT2D eigenvalue weighted by Gasteiger charge is 2.25. The molecule has 6 heteroatoms. The molecule has 0 bridgehead atoms. The SMILES string of the molecule is Cc1ccc(Cl)c([N+](=O)[O-])c1C(=O)CCl. The highest BCUT2D eigenvalue weighted by Crippen LogP contribution is 2.31. The van der Waals surface area contributed by atoms with Gasteiger partial charge < -0.3 is 0 Å². The summed E-state index contributed by atoms with van der Waals surface area (Å²) in [4.78, 5) is 21.5. The minimum Gasteiger partial charge on any atom is -0.293 e. The van der Waals surface area contributed by atoms with E-state index in [4.69, 9.17) is 23.2 Å². The van der Waals surface area contributed by atoms with Crippen LogP contribution in [0.4, 0.5) is 5.69 Å². The first-order valence-electron chi connectivity index (χ1n) is 4.01. The average molecular weight is 248 g/mol. The standard InChI is InChI=1S/C9H7Cl2NO3/c1-5-2-3-6(11)9(12(14)15)8(5)7(13)4-10/h2-3H,4H2,1H3. The van der Waals surface area contributed by atoms with E-state index in [0.29, 0.717) is 5.56 Å². The largest absolute Gasteiger partial charge is 0.298 e. The van der Waals surface area contributed by atoms with Crippen LogP contribution >= 0.6 is 23.2 Å². The molecule has 0 fully saturated rings. The molecule has 0 aliphatic rings. The third kappa shape index (κ3) is 2.27. The Hall–Kier alpha value is -1.13. The molecule has 4 nitrogen and oxygen atoms in total. The molecule has 80 valence electrons. The fourth-order valence-corrected chi connectivity index (χ4v) is 1.62. The molecule has 0 unspecified atom stereocenters. The fraction of sp³-hybridized carbons (Fsp3) is 0.222. The highest BCUT2D eigenvalue weighted by molar-refractivity contribution is 6.35. The number of carbonyl (C=O) groups excluding carboxylic acids is 1. The van der Waals surface area contributed by atoms with Gasteiger partial charge in [-0.05, 0) is 18.6 Å². The van der Waals surface area contributed by atoms with E-state index in [-0.39, 0.29) is 22.2 Å². The Morgan fingerprint density at radius 2 is 2.13 bits per heavy atom. The number of benzene rings is 1. The summed E-state index contributed by atoms with van der Waals surface area (Å²) in [5, 5.41) is 10.7. The average Bonchev–Trinajstić information content (AvgIpc) is 2.19. The smallest absolute Gasteiger partial charge is 0.293 e. The van der Waals surface area contributed by atoms with Gasteiger partial charge in [0.25, 0.3) is 5.69 Å². The molecule has 1 aromatic rings. The monoisotopic (exact) mass is 247 g/mol. The van der Waals surface area contributed by atoms with Gasteiger partial charge in [0.05, 0.1) is 10.8 Å². The van der Waals surface area contributed by atoms with Crippen LogP contribution < -0.4 is 0 Å². The minimum absolute atomic E-state index is 0.0116. The lowest BCUT2D eigenvalue weighted by Crippen LogP contribution is -2.08. The number of rotatable bonds is 3. The molecule has 0 aliphatic carbocycles. The van der Waals surface area contributed by atoms with Crippen LogP contribution in [0, 0.1) is 17.0 Å². The van der Waals surface area contributed by atoms with Crippen LogP contribution in [0.5, 0.6) is 0 Å². The summed E-state index contributed by atoms with van der Waals surface area (Å²) in [5.74, 6) is -0.800. The summed E-state index contributed by atoms with van der Waals surface area (Å²) in [6.45, 7) is 1.60. The first-order valence-corrected chi connectivity index (χ1v) is 4.93. The number of halogens is 2. The Morgan fingerprint density at radius 3 is 2.60 bits per heavy atom. The molecule has 0 saturated carbocycles. The Kier molecular flexibility index (Phi) is 3.66. The van der Waals surface area contributed by atoms with Crippen molar-refractivity contribution in [1.29, 1.82) is 0 Å². The van der Waals surface area contributed by atoms with Gasteiger partial charge in [0.1, 0.15) is 10.6 Å². The van der Waals surface area contributed by atoms with Crippen molar-refractivity contribution < 1.29 is 9.72 Å². The van der Waals surface area contributed by atoms with Crippen molar-refractivity contribution in [3.8, 4) is 0 Å². The van der Waals surface area contributed by atoms with Crippen molar-refractivity contribution in [2.24, 2.45) is 0 Å². The molecule has 0 saturated heterocycles. The number of nitro benzene ring substituents is 1. The summed E-state index contributed by atoms with van der Waals surface area (Å²) in [7, 11) is 0. The molecule has 0 radical (unpaired) electrons. The van der Waals surface area contributed by atoms with Gasteiger partial charge in [-0.3, -0.25) is 14.9 Å². The maximum Gasteiger partial charge on any atom is 0.298 e. The normalized spacial score (nSPS) is 10.1. The van der Waals surface area contributed by atoms with E-state index in [1.54, 1.807) is 13.0 Å². The molecule has 0 amide bonds. The quantitative estimate of drug-likeness (QED) is 0.357. The summed E-state index contributed by atoms with van der Waals surface area (Å²) in [6.07, 6.45) is 0. The van der Waals surface area contributed by atoms with Crippen molar-refractivity contribution in [2.45, 2.75) is 6.92 Å².